The number of carbonyl (C=O) groups excluding carboxylic acids is 1. The van der Waals surface area contributed by atoms with E-state index in [-0.39, 0.29) is 11.9 Å². The van der Waals surface area contributed by atoms with Crippen molar-refractivity contribution in [1.29, 1.82) is 0 Å². The topological polar surface area (TPSA) is 46.4 Å². The summed E-state index contributed by atoms with van der Waals surface area (Å²) in [4.78, 5) is 20.2. The van der Waals surface area contributed by atoms with E-state index in [1.165, 1.54) is 25.9 Å². The highest BCUT2D eigenvalue weighted by Crippen LogP contribution is 2.30. The molecule has 0 bridgehead atoms. The van der Waals surface area contributed by atoms with Crippen LogP contribution in [0.25, 0.3) is 10.2 Å². The number of hydrogen-bond acceptors (Lipinski definition) is 4. The number of para-hydroxylation sites is 1. The van der Waals surface area contributed by atoms with Crippen molar-refractivity contribution in [1.82, 2.24) is 10.3 Å². The summed E-state index contributed by atoms with van der Waals surface area (Å²) in [6.45, 7) is 4.86. The van der Waals surface area contributed by atoms with Crippen LogP contribution in [0, 0.1) is 0 Å². The van der Waals surface area contributed by atoms with Gasteiger partial charge in [0.25, 0.3) is 5.91 Å². The summed E-state index contributed by atoms with van der Waals surface area (Å²) in [5.74, 6) is 0.638. The van der Waals surface area contributed by atoms with Crippen LogP contribution in [0.4, 0.5) is 0 Å². The number of amides is 1. The van der Waals surface area contributed by atoms with Gasteiger partial charge in [0, 0.05) is 11.4 Å². The molecule has 1 fully saturated rings. The Labute approximate surface area is 168 Å². The van der Waals surface area contributed by atoms with Crippen molar-refractivity contribution in [2.45, 2.75) is 38.1 Å². The molecule has 4 nitrogen and oxygen atoms in total. The van der Waals surface area contributed by atoms with Crippen LogP contribution in [-0.4, -0.2) is 36.6 Å². The number of thiophene rings is 1. The Morgan fingerprint density at radius 1 is 1.33 bits per heavy atom. The summed E-state index contributed by atoms with van der Waals surface area (Å²) in [6, 6.07) is 12.5. The summed E-state index contributed by atoms with van der Waals surface area (Å²) in [7, 11) is 0. The lowest BCUT2D eigenvalue weighted by Gasteiger charge is -2.32. The smallest absolute Gasteiger partial charge is 0.278 e. The molecule has 0 saturated carbocycles. The highest BCUT2D eigenvalue weighted by atomic mass is 32.1. The van der Waals surface area contributed by atoms with Gasteiger partial charge in [0.15, 0.2) is 6.04 Å². The molecular formula is C21H26N3OS2+. The molecule has 0 aliphatic carbocycles. The van der Waals surface area contributed by atoms with Gasteiger partial charge < -0.3 is 10.2 Å². The number of hydrogen-bond donors (Lipinski definition) is 2. The van der Waals surface area contributed by atoms with Crippen molar-refractivity contribution in [3.05, 3.63) is 51.7 Å². The molecule has 3 atom stereocenters. The minimum absolute atomic E-state index is 0.00878. The monoisotopic (exact) mass is 400 g/mol. The van der Waals surface area contributed by atoms with E-state index < -0.39 is 0 Å². The number of piperidine rings is 1. The number of fused-ring (bicyclic) bond motifs is 1. The quantitative estimate of drug-likeness (QED) is 0.668. The Bertz CT molecular complexity index is 857. The van der Waals surface area contributed by atoms with E-state index in [1.54, 1.807) is 11.3 Å². The van der Waals surface area contributed by atoms with Crippen molar-refractivity contribution in [3.8, 4) is 0 Å². The molecule has 1 aromatic carbocycles. The zero-order valence-corrected chi connectivity index (χ0v) is 17.2. The molecule has 1 aliphatic heterocycles. The molecule has 27 heavy (non-hydrogen) atoms. The largest absolute Gasteiger partial charge is 0.351 e. The zero-order chi connectivity index (χ0) is 18.6. The van der Waals surface area contributed by atoms with Gasteiger partial charge in [-0.3, -0.25) is 4.79 Å². The van der Waals surface area contributed by atoms with Crippen LogP contribution in [0.1, 0.15) is 35.6 Å². The third-order valence-electron chi connectivity index (χ3n) is 5.48. The first kappa shape index (κ1) is 18.6. The molecule has 0 radical (unpaired) electrons. The van der Waals surface area contributed by atoms with Crippen LogP contribution in [0.3, 0.4) is 0 Å². The van der Waals surface area contributed by atoms with Gasteiger partial charge in [-0.05, 0) is 49.8 Å². The van der Waals surface area contributed by atoms with E-state index >= 15 is 0 Å². The maximum Gasteiger partial charge on any atom is 0.278 e. The zero-order valence-electron chi connectivity index (χ0n) is 15.6. The van der Waals surface area contributed by atoms with E-state index in [1.807, 2.05) is 17.4 Å². The summed E-state index contributed by atoms with van der Waals surface area (Å²) in [6.07, 6.45) is 3.25. The Kier molecular flexibility index (Phi) is 5.86. The number of quaternary nitrogens is 1. The number of nitrogens with zero attached hydrogens (tertiary/aromatic N) is 1. The fraction of sp³-hybridized carbons (Fsp3) is 0.429. The van der Waals surface area contributed by atoms with Gasteiger partial charge in [-0.1, -0.05) is 18.2 Å². The van der Waals surface area contributed by atoms with Gasteiger partial charge in [0.1, 0.15) is 5.01 Å². The number of likely N-dealkylation sites (tertiary alicyclic amines) is 1. The predicted molar refractivity (Wildman–Crippen MR) is 113 cm³/mol. The first-order valence-electron chi connectivity index (χ1n) is 9.71. The summed E-state index contributed by atoms with van der Waals surface area (Å²) in [5.41, 5.74) is 1.10. The van der Waals surface area contributed by atoms with E-state index in [9.17, 15) is 4.79 Å². The Morgan fingerprint density at radius 2 is 2.22 bits per heavy atom. The maximum absolute atomic E-state index is 12.6. The number of benzene rings is 1. The highest BCUT2D eigenvalue weighted by molar-refractivity contribution is 7.18. The first-order valence-corrected chi connectivity index (χ1v) is 11.4. The molecule has 2 aromatic heterocycles. The van der Waals surface area contributed by atoms with Crippen LogP contribution in [-0.2, 0) is 11.2 Å². The Balaban J connectivity index is 1.34. The van der Waals surface area contributed by atoms with Gasteiger partial charge in [-0.2, -0.15) is 0 Å². The van der Waals surface area contributed by atoms with Crippen LogP contribution >= 0.6 is 22.7 Å². The van der Waals surface area contributed by atoms with Crippen molar-refractivity contribution in [2.24, 2.45) is 0 Å². The summed E-state index contributed by atoms with van der Waals surface area (Å²) >= 11 is 3.56. The third kappa shape index (κ3) is 4.39. The molecular weight excluding hydrogens is 374 g/mol. The molecule has 3 heterocycles. The number of aromatic nitrogens is 1. The van der Waals surface area contributed by atoms with Crippen molar-refractivity contribution >= 4 is 38.8 Å². The Morgan fingerprint density at radius 3 is 3.04 bits per heavy atom. The van der Waals surface area contributed by atoms with E-state index in [4.69, 9.17) is 4.98 Å². The maximum atomic E-state index is 12.6. The minimum atomic E-state index is -0.00878. The number of nitrogens with one attached hydrogen (secondary N) is 2. The lowest BCUT2D eigenvalue weighted by molar-refractivity contribution is -0.920. The standard InChI is InChI=1S/C21H25N3OS2/c1-15(20(25)22-11-10-17-7-5-13-26-17)24-12-4-6-16(14-24)21-23-18-8-2-3-9-19(18)27-21/h2-3,5,7-9,13,15-16H,4,6,10-12,14H2,1H3,(H,22,25)/p+1/t15-,16-/m0/s1. The molecule has 1 aliphatic rings. The van der Waals surface area contributed by atoms with Crippen LogP contribution in [0.2, 0.25) is 0 Å². The molecule has 6 heteroatoms. The first-order chi connectivity index (χ1) is 13.2. The minimum Gasteiger partial charge on any atom is -0.351 e. The van der Waals surface area contributed by atoms with E-state index in [2.05, 4.69) is 48.0 Å². The van der Waals surface area contributed by atoms with Crippen molar-refractivity contribution in [3.63, 3.8) is 0 Å². The van der Waals surface area contributed by atoms with Gasteiger partial charge in [0.2, 0.25) is 0 Å². The fourth-order valence-electron chi connectivity index (χ4n) is 3.87. The van der Waals surface area contributed by atoms with E-state index in [0.717, 1.165) is 38.0 Å². The molecule has 3 aromatic rings. The fourth-order valence-corrected chi connectivity index (χ4v) is 5.68. The normalized spacial score (nSPS) is 21.2. The molecule has 1 unspecified atom stereocenters. The average Bonchev–Trinajstić information content (AvgIpc) is 3.37. The van der Waals surface area contributed by atoms with Gasteiger partial charge in [0.05, 0.1) is 29.2 Å². The van der Waals surface area contributed by atoms with E-state index in [0.29, 0.717) is 5.92 Å². The molecule has 4 rings (SSSR count). The highest BCUT2D eigenvalue weighted by Gasteiger charge is 2.32. The average molecular weight is 401 g/mol. The molecule has 1 saturated heterocycles. The van der Waals surface area contributed by atoms with Crippen LogP contribution < -0.4 is 10.2 Å². The number of thiazole rings is 1. The lowest BCUT2D eigenvalue weighted by Crippen LogP contribution is -3.17. The summed E-state index contributed by atoms with van der Waals surface area (Å²) < 4.78 is 1.26. The van der Waals surface area contributed by atoms with Crippen molar-refractivity contribution in [2.75, 3.05) is 19.6 Å². The van der Waals surface area contributed by atoms with Crippen LogP contribution in [0.15, 0.2) is 41.8 Å². The molecule has 2 N–H and O–H groups in total. The molecule has 142 valence electrons. The third-order valence-corrected chi connectivity index (χ3v) is 7.61. The van der Waals surface area contributed by atoms with Crippen LogP contribution in [0.5, 0.6) is 0 Å². The second-order valence-electron chi connectivity index (χ2n) is 7.31. The Hall–Kier alpha value is -1.76. The second-order valence-corrected chi connectivity index (χ2v) is 9.41. The van der Waals surface area contributed by atoms with Gasteiger partial charge in [-0.25, -0.2) is 4.98 Å². The van der Waals surface area contributed by atoms with Crippen molar-refractivity contribution < 1.29 is 9.69 Å². The van der Waals surface area contributed by atoms with Gasteiger partial charge >= 0.3 is 0 Å². The lowest BCUT2D eigenvalue weighted by atomic mass is 9.97. The number of carbonyl (C=O) groups is 1. The predicted octanol–water partition coefficient (Wildman–Crippen LogP) is 2.87. The second kappa shape index (κ2) is 8.50. The summed E-state index contributed by atoms with van der Waals surface area (Å²) in [5, 5.41) is 6.45. The van der Waals surface area contributed by atoms with Gasteiger partial charge in [-0.15, -0.1) is 22.7 Å². The molecule has 1 amide bonds. The number of rotatable bonds is 6. The SMILES string of the molecule is C[C@@H](C(=O)NCCc1cccs1)[NH+]1CCC[C@H](c2nc3ccccc3s2)C1. The molecule has 0 spiro atoms.